The van der Waals surface area contributed by atoms with Crippen molar-refractivity contribution in [3.05, 3.63) is 29.3 Å². The third kappa shape index (κ3) is 3.48. The SMILES string of the molecule is COC(=O)c1ccc(NCC2(O)CCOCC2)c(F)c1F. The Bertz CT molecular complexity index is 530. The van der Waals surface area contributed by atoms with Crippen molar-refractivity contribution in [2.24, 2.45) is 0 Å². The normalized spacial score (nSPS) is 17.3. The highest BCUT2D eigenvalue weighted by Crippen LogP contribution is 2.24. The smallest absolute Gasteiger partial charge is 0.340 e. The first kappa shape index (κ1) is 15.7. The molecule has 116 valence electrons. The van der Waals surface area contributed by atoms with Crippen molar-refractivity contribution in [3.8, 4) is 0 Å². The van der Waals surface area contributed by atoms with Crippen LogP contribution in [0.3, 0.4) is 0 Å². The van der Waals surface area contributed by atoms with Gasteiger partial charge in [0.15, 0.2) is 11.6 Å². The van der Waals surface area contributed by atoms with Crippen LogP contribution in [-0.2, 0) is 9.47 Å². The number of hydrogen-bond acceptors (Lipinski definition) is 5. The van der Waals surface area contributed by atoms with Gasteiger partial charge in [-0.1, -0.05) is 0 Å². The predicted molar refractivity (Wildman–Crippen MR) is 71.2 cm³/mol. The standard InChI is InChI=1S/C14H17F2NO4/c1-20-13(18)9-2-3-10(12(16)11(9)15)17-8-14(19)4-6-21-7-5-14/h2-3,17,19H,4-8H2,1H3. The Balaban J connectivity index is 2.10. The summed E-state index contributed by atoms with van der Waals surface area (Å²) < 4.78 is 37.2. The van der Waals surface area contributed by atoms with E-state index in [0.29, 0.717) is 26.1 Å². The average molecular weight is 301 g/mol. The Morgan fingerprint density at radius 2 is 2.05 bits per heavy atom. The van der Waals surface area contributed by atoms with Crippen LogP contribution >= 0.6 is 0 Å². The molecule has 0 radical (unpaired) electrons. The lowest BCUT2D eigenvalue weighted by Crippen LogP contribution is -2.42. The summed E-state index contributed by atoms with van der Waals surface area (Å²) >= 11 is 0. The van der Waals surface area contributed by atoms with Crippen LogP contribution in [0.5, 0.6) is 0 Å². The van der Waals surface area contributed by atoms with Crippen molar-refractivity contribution in [1.82, 2.24) is 0 Å². The summed E-state index contributed by atoms with van der Waals surface area (Å²) in [6, 6.07) is 2.38. The highest BCUT2D eigenvalue weighted by molar-refractivity contribution is 5.90. The zero-order valence-electron chi connectivity index (χ0n) is 11.6. The Morgan fingerprint density at radius 1 is 1.38 bits per heavy atom. The Labute approximate surface area is 120 Å². The molecule has 2 rings (SSSR count). The number of anilines is 1. The topological polar surface area (TPSA) is 67.8 Å². The minimum absolute atomic E-state index is 0.0737. The van der Waals surface area contributed by atoms with Gasteiger partial charge in [0.2, 0.25) is 0 Å². The van der Waals surface area contributed by atoms with Gasteiger partial charge in [-0.3, -0.25) is 0 Å². The molecule has 1 aromatic rings. The van der Waals surface area contributed by atoms with Crippen LogP contribution in [0.4, 0.5) is 14.5 Å². The third-order valence-electron chi connectivity index (χ3n) is 3.52. The molecule has 1 saturated heterocycles. The maximum atomic E-state index is 13.9. The monoisotopic (exact) mass is 301 g/mol. The fourth-order valence-corrected chi connectivity index (χ4v) is 2.14. The molecule has 5 nitrogen and oxygen atoms in total. The number of aliphatic hydroxyl groups is 1. The van der Waals surface area contributed by atoms with Gasteiger partial charge in [0, 0.05) is 32.6 Å². The summed E-state index contributed by atoms with van der Waals surface area (Å²) in [6.07, 6.45) is 0.842. The van der Waals surface area contributed by atoms with Crippen molar-refractivity contribution in [3.63, 3.8) is 0 Å². The number of rotatable bonds is 4. The van der Waals surface area contributed by atoms with Crippen LogP contribution in [0.2, 0.25) is 0 Å². The quantitative estimate of drug-likeness (QED) is 0.829. The van der Waals surface area contributed by atoms with E-state index in [1.165, 1.54) is 6.07 Å². The molecule has 1 aliphatic rings. The van der Waals surface area contributed by atoms with Gasteiger partial charge in [0.25, 0.3) is 0 Å². The van der Waals surface area contributed by atoms with Crippen LogP contribution in [0.15, 0.2) is 12.1 Å². The highest BCUT2D eigenvalue weighted by atomic mass is 19.2. The van der Waals surface area contributed by atoms with E-state index in [1.807, 2.05) is 0 Å². The third-order valence-corrected chi connectivity index (χ3v) is 3.52. The molecule has 7 heteroatoms. The predicted octanol–water partition coefficient (Wildman–Crippen LogP) is 1.70. The van der Waals surface area contributed by atoms with Gasteiger partial charge < -0.3 is 19.9 Å². The zero-order chi connectivity index (χ0) is 15.5. The van der Waals surface area contributed by atoms with E-state index in [0.717, 1.165) is 13.2 Å². The Kier molecular flexibility index (Phi) is 4.74. The second-order valence-electron chi connectivity index (χ2n) is 4.97. The summed E-state index contributed by atoms with van der Waals surface area (Å²) in [5, 5.41) is 12.9. The minimum atomic E-state index is -1.27. The molecular weight excluding hydrogens is 284 g/mol. The lowest BCUT2D eigenvalue weighted by Gasteiger charge is -2.32. The molecule has 1 fully saturated rings. The molecular formula is C14H17F2NO4. The Morgan fingerprint density at radius 3 is 2.67 bits per heavy atom. The molecule has 1 aromatic carbocycles. The number of halogens is 2. The summed E-state index contributed by atoms with van der Waals surface area (Å²) in [4.78, 5) is 11.3. The maximum Gasteiger partial charge on any atom is 0.340 e. The van der Waals surface area contributed by atoms with Gasteiger partial charge in [0.05, 0.1) is 24.0 Å². The molecule has 1 heterocycles. The molecule has 0 bridgehead atoms. The molecule has 0 saturated carbocycles. The zero-order valence-corrected chi connectivity index (χ0v) is 11.6. The minimum Gasteiger partial charge on any atom is -0.465 e. The molecule has 2 N–H and O–H groups in total. The molecule has 0 unspecified atom stereocenters. The maximum absolute atomic E-state index is 13.9. The van der Waals surface area contributed by atoms with Crippen molar-refractivity contribution in [2.45, 2.75) is 18.4 Å². The number of carbonyl (C=O) groups is 1. The fourth-order valence-electron chi connectivity index (χ4n) is 2.14. The molecule has 0 aromatic heterocycles. The molecule has 21 heavy (non-hydrogen) atoms. The lowest BCUT2D eigenvalue weighted by atomic mass is 9.94. The summed E-state index contributed by atoms with van der Waals surface area (Å²) in [5.74, 6) is -3.39. The van der Waals surface area contributed by atoms with E-state index in [4.69, 9.17) is 4.74 Å². The van der Waals surface area contributed by atoms with E-state index in [2.05, 4.69) is 10.1 Å². The van der Waals surface area contributed by atoms with E-state index in [-0.39, 0.29) is 12.2 Å². The average Bonchev–Trinajstić information content (AvgIpc) is 2.49. The molecule has 0 amide bonds. The highest BCUT2D eigenvalue weighted by Gasteiger charge is 2.30. The van der Waals surface area contributed by atoms with Gasteiger partial charge in [-0.05, 0) is 12.1 Å². The van der Waals surface area contributed by atoms with Crippen molar-refractivity contribution < 1.29 is 28.2 Å². The van der Waals surface area contributed by atoms with Crippen molar-refractivity contribution in [1.29, 1.82) is 0 Å². The Hall–Kier alpha value is -1.73. The van der Waals surface area contributed by atoms with E-state index >= 15 is 0 Å². The number of esters is 1. The summed E-state index contributed by atoms with van der Waals surface area (Å²) in [5.41, 5.74) is -1.59. The van der Waals surface area contributed by atoms with Gasteiger partial charge >= 0.3 is 5.97 Å². The van der Waals surface area contributed by atoms with Crippen LogP contribution in [0, 0.1) is 11.6 Å². The second kappa shape index (κ2) is 6.36. The number of carbonyl (C=O) groups excluding carboxylic acids is 1. The van der Waals surface area contributed by atoms with E-state index in [1.54, 1.807) is 0 Å². The van der Waals surface area contributed by atoms with E-state index in [9.17, 15) is 18.7 Å². The van der Waals surface area contributed by atoms with Gasteiger partial charge in [-0.2, -0.15) is 0 Å². The number of ether oxygens (including phenoxy) is 2. The molecule has 0 spiro atoms. The number of benzene rings is 1. The number of methoxy groups -OCH3 is 1. The number of nitrogens with one attached hydrogen (secondary N) is 1. The first-order valence-corrected chi connectivity index (χ1v) is 6.57. The second-order valence-corrected chi connectivity index (χ2v) is 4.97. The first-order chi connectivity index (χ1) is 9.97. The van der Waals surface area contributed by atoms with Gasteiger partial charge in [-0.25, -0.2) is 13.6 Å². The van der Waals surface area contributed by atoms with Crippen molar-refractivity contribution in [2.75, 3.05) is 32.2 Å². The molecule has 0 aliphatic carbocycles. The lowest BCUT2D eigenvalue weighted by molar-refractivity contribution is -0.0543. The molecule has 0 atom stereocenters. The van der Waals surface area contributed by atoms with Crippen LogP contribution in [0.25, 0.3) is 0 Å². The van der Waals surface area contributed by atoms with Gasteiger partial charge in [-0.15, -0.1) is 0 Å². The summed E-state index contributed by atoms with van der Waals surface area (Å²) in [6.45, 7) is 0.927. The van der Waals surface area contributed by atoms with Crippen LogP contribution in [0.1, 0.15) is 23.2 Å². The number of hydrogen-bond donors (Lipinski definition) is 2. The van der Waals surface area contributed by atoms with Gasteiger partial charge in [0.1, 0.15) is 0 Å². The first-order valence-electron chi connectivity index (χ1n) is 6.57. The van der Waals surface area contributed by atoms with Crippen LogP contribution in [-0.4, -0.2) is 43.5 Å². The molecule has 1 aliphatic heterocycles. The fraction of sp³-hybridized carbons (Fsp3) is 0.500. The largest absolute Gasteiger partial charge is 0.465 e. The van der Waals surface area contributed by atoms with E-state index < -0.39 is 28.8 Å². The summed E-state index contributed by atoms with van der Waals surface area (Å²) in [7, 11) is 1.09. The van der Waals surface area contributed by atoms with Crippen LogP contribution < -0.4 is 5.32 Å². The van der Waals surface area contributed by atoms with Crippen molar-refractivity contribution >= 4 is 11.7 Å².